The predicted molar refractivity (Wildman–Crippen MR) is 302 cm³/mol. The third-order valence-corrected chi connectivity index (χ3v) is 12.3. The van der Waals surface area contributed by atoms with Gasteiger partial charge in [0, 0.05) is 19.3 Å². The molecule has 0 saturated carbocycles. The molecule has 1 unspecified atom stereocenters. The zero-order valence-corrected chi connectivity index (χ0v) is 45.8. The zero-order valence-electron chi connectivity index (χ0n) is 45.8. The van der Waals surface area contributed by atoms with Crippen LogP contribution in [0.4, 0.5) is 0 Å². The van der Waals surface area contributed by atoms with Crippen LogP contribution in [0.15, 0.2) is 97.2 Å². The number of carbonyl (C=O) groups excluding carboxylic acids is 3. The van der Waals surface area contributed by atoms with Crippen molar-refractivity contribution in [3.8, 4) is 0 Å². The van der Waals surface area contributed by atoms with Crippen LogP contribution in [0, 0.1) is 0 Å². The molecule has 70 heavy (non-hydrogen) atoms. The highest BCUT2D eigenvalue weighted by Crippen LogP contribution is 2.15. The monoisotopic (exact) mass is 973 g/mol. The standard InChI is InChI=1S/C64H108O6/c1-4-7-10-13-16-19-22-24-26-28-30-31-32-33-35-36-38-40-42-45-48-51-54-57-63(66)69-60-61(59-68-62(65)56-53-50-47-44-21-18-15-12-9-6-3)70-64(67)58-55-52-49-46-43-41-39-37-34-29-27-25-23-20-17-14-11-8-5-2/h7,10,16,19,24-27,30-31,33,35,38,40,45,48,61H,4-6,8-9,11-15,17-18,20-23,28-29,32,34,36-37,39,41-44,46-47,49-60H2,1-3H3/b10-7-,19-16-,26-24-,27-25-,31-30-,35-33-,40-38-,48-45-. The number of unbranched alkanes of at least 4 members (excludes halogenated alkanes) is 25. The largest absolute Gasteiger partial charge is 0.462 e. The van der Waals surface area contributed by atoms with Crippen LogP contribution < -0.4 is 0 Å². The number of hydrogen-bond donors (Lipinski definition) is 0. The highest BCUT2D eigenvalue weighted by Gasteiger charge is 2.19. The summed E-state index contributed by atoms with van der Waals surface area (Å²) in [6.45, 7) is 6.47. The molecule has 0 radical (unpaired) electrons. The van der Waals surface area contributed by atoms with Gasteiger partial charge in [-0.1, -0.05) is 253 Å². The Morgan fingerprint density at radius 1 is 0.300 bits per heavy atom. The summed E-state index contributed by atoms with van der Waals surface area (Å²) in [5.74, 6) is -0.956. The maximum absolute atomic E-state index is 12.8. The lowest BCUT2D eigenvalue weighted by atomic mass is 10.1. The second-order valence-electron chi connectivity index (χ2n) is 19.2. The normalized spacial score (nSPS) is 12.8. The summed E-state index contributed by atoms with van der Waals surface area (Å²) >= 11 is 0. The highest BCUT2D eigenvalue weighted by atomic mass is 16.6. The van der Waals surface area contributed by atoms with Crippen LogP contribution in [0.3, 0.4) is 0 Å². The van der Waals surface area contributed by atoms with E-state index in [-0.39, 0.29) is 37.5 Å². The van der Waals surface area contributed by atoms with Crippen LogP contribution in [-0.2, 0) is 28.6 Å². The van der Waals surface area contributed by atoms with E-state index in [0.29, 0.717) is 19.3 Å². The van der Waals surface area contributed by atoms with E-state index in [4.69, 9.17) is 14.2 Å². The van der Waals surface area contributed by atoms with Crippen molar-refractivity contribution in [3.05, 3.63) is 97.2 Å². The highest BCUT2D eigenvalue weighted by molar-refractivity contribution is 5.71. The summed E-state index contributed by atoms with van der Waals surface area (Å²) in [5.41, 5.74) is 0. The second-order valence-corrected chi connectivity index (χ2v) is 19.2. The van der Waals surface area contributed by atoms with Crippen molar-refractivity contribution in [2.45, 2.75) is 277 Å². The van der Waals surface area contributed by atoms with Gasteiger partial charge in [0.25, 0.3) is 0 Å². The summed E-state index contributed by atoms with van der Waals surface area (Å²) in [6, 6.07) is 0. The van der Waals surface area contributed by atoms with Crippen molar-refractivity contribution in [3.63, 3.8) is 0 Å². The molecule has 0 amide bonds. The molecule has 0 saturated heterocycles. The van der Waals surface area contributed by atoms with Crippen LogP contribution in [0.2, 0.25) is 0 Å². The quantitative estimate of drug-likeness (QED) is 0.0262. The van der Waals surface area contributed by atoms with Crippen molar-refractivity contribution in [2.24, 2.45) is 0 Å². The van der Waals surface area contributed by atoms with Gasteiger partial charge in [-0.3, -0.25) is 14.4 Å². The van der Waals surface area contributed by atoms with E-state index in [2.05, 4.69) is 118 Å². The first-order valence-electron chi connectivity index (χ1n) is 29.2. The van der Waals surface area contributed by atoms with Crippen molar-refractivity contribution in [2.75, 3.05) is 13.2 Å². The first-order valence-corrected chi connectivity index (χ1v) is 29.2. The average molecular weight is 974 g/mol. The first-order chi connectivity index (χ1) is 34.5. The minimum Gasteiger partial charge on any atom is -0.462 e. The summed E-state index contributed by atoms with van der Waals surface area (Å²) in [4.78, 5) is 38.1. The third kappa shape index (κ3) is 55.3. The van der Waals surface area contributed by atoms with E-state index in [1.807, 2.05) is 0 Å². The van der Waals surface area contributed by atoms with Crippen molar-refractivity contribution < 1.29 is 28.6 Å². The van der Waals surface area contributed by atoms with Gasteiger partial charge in [0.2, 0.25) is 0 Å². The molecule has 0 aromatic rings. The van der Waals surface area contributed by atoms with Gasteiger partial charge in [-0.05, 0) is 96.3 Å². The molecule has 6 nitrogen and oxygen atoms in total. The van der Waals surface area contributed by atoms with Gasteiger partial charge in [-0.2, -0.15) is 0 Å². The maximum atomic E-state index is 12.8. The Morgan fingerprint density at radius 2 is 0.571 bits per heavy atom. The Morgan fingerprint density at radius 3 is 0.943 bits per heavy atom. The lowest BCUT2D eigenvalue weighted by molar-refractivity contribution is -0.167. The molecule has 0 fully saturated rings. The van der Waals surface area contributed by atoms with Crippen molar-refractivity contribution in [1.82, 2.24) is 0 Å². The maximum Gasteiger partial charge on any atom is 0.306 e. The van der Waals surface area contributed by atoms with Gasteiger partial charge in [0.15, 0.2) is 6.10 Å². The number of ether oxygens (including phenoxy) is 3. The number of carbonyl (C=O) groups is 3. The molecule has 6 heteroatoms. The van der Waals surface area contributed by atoms with Crippen molar-refractivity contribution >= 4 is 17.9 Å². The Kier molecular flexibility index (Phi) is 54.9. The molecule has 400 valence electrons. The van der Waals surface area contributed by atoms with Crippen LogP contribution >= 0.6 is 0 Å². The Balaban J connectivity index is 4.41. The molecule has 0 spiro atoms. The fourth-order valence-corrected chi connectivity index (χ4v) is 7.96. The molecular formula is C64H108O6. The third-order valence-electron chi connectivity index (χ3n) is 12.3. The molecule has 0 N–H and O–H groups in total. The summed E-state index contributed by atoms with van der Waals surface area (Å²) in [5, 5.41) is 0. The van der Waals surface area contributed by atoms with Crippen LogP contribution in [0.1, 0.15) is 271 Å². The van der Waals surface area contributed by atoms with E-state index < -0.39 is 6.10 Å². The predicted octanol–water partition coefficient (Wildman–Crippen LogP) is 19.7. The SMILES string of the molecule is CC/C=C\C/C=C\C/C=C\C/C=C\C/C=C\C/C=C\C/C=C\CCCC(=O)OCC(COC(=O)CCCCCCCCCCCC)OC(=O)CCCCCCCCCCC/C=C\CCCCCCCC. The summed E-state index contributed by atoms with van der Waals surface area (Å²) in [6.07, 6.45) is 76.9. The van der Waals surface area contributed by atoms with Crippen LogP contribution in [-0.4, -0.2) is 37.2 Å². The van der Waals surface area contributed by atoms with Gasteiger partial charge in [-0.25, -0.2) is 0 Å². The molecule has 0 heterocycles. The van der Waals surface area contributed by atoms with E-state index in [1.165, 1.54) is 135 Å². The second kappa shape index (κ2) is 57.9. The van der Waals surface area contributed by atoms with E-state index >= 15 is 0 Å². The molecule has 0 aliphatic heterocycles. The van der Waals surface area contributed by atoms with Crippen molar-refractivity contribution in [1.29, 1.82) is 0 Å². The minimum absolute atomic E-state index is 0.0948. The fraction of sp³-hybridized carbons (Fsp3) is 0.703. The van der Waals surface area contributed by atoms with Gasteiger partial charge in [-0.15, -0.1) is 0 Å². The number of allylic oxidation sites excluding steroid dienone is 16. The minimum atomic E-state index is -0.801. The lowest BCUT2D eigenvalue weighted by Crippen LogP contribution is -2.30. The molecular weight excluding hydrogens is 865 g/mol. The topological polar surface area (TPSA) is 78.9 Å². The number of rotatable bonds is 52. The van der Waals surface area contributed by atoms with E-state index in [1.54, 1.807) is 0 Å². The average Bonchev–Trinajstić information content (AvgIpc) is 3.36. The molecule has 0 aliphatic rings. The Labute approximate surface area is 432 Å². The molecule has 0 bridgehead atoms. The summed E-state index contributed by atoms with van der Waals surface area (Å²) in [7, 11) is 0. The Bertz CT molecular complexity index is 1400. The zero-order chi connectivity index (χ0) is 50.7. The molecule has 1 atom stereocenters. The number of esters is 3. The molecule has 0 aromatic carbocycles. The molecule has 0 rings (SSSR count). The fourth-order valence-electron chi connectivity index (χ4n) is 7.96. The summed E-state index contributed by atoms with van der Waals surface area (Å²) < 4.78 is 16.8. The molecule has 0 aliphatic carbocycles. The van der Waals surface area contributed by atoms with E-state index in [0.717, 1.165) is 89.9 Å². The van der Waals surface area contributed by atoms with Gasteiger partial charge >= 0.3 is 17.9 Å². The van der Waals surface area contributed by atoms with Crippen LogP contribution in [0.5, 0.6) is 0 Å². The molecule has 0 aromatic heterocycles. The van der Waals surface area contributed by atoms with Gasteiger partial charge in [0.1, 0.15) is 13.2 Å². The Hall–Kier alpha value is -3.67. The lowest BCUT2D eigenvalue weighted by Gasteiger charge is -2.18. The number of hydrogen-bond acceptors (Lipinski definition) is 6. The van der Waals surface area contributed by atoms with Gasteiger partial charge in [0.05, 0.1) is 0 Å². The van der Waals surface area contributed by atoms with Crippen LogP contribution in [0.25, 0.3) is 0 Å². The smallest absolute Gasteiger partial charge is 0.306 e. The van der Waals surface area contributed by atoms with E-state index in [9.17, 15) is 14.4 Å². The first kappa shape index (κ1) is 66.3. The van der Waals surface area contributed by atoms with Gasteiger partial charge < -0.3 is 14.2 Å².